The molecular weight excluding hydrogens is 190 g/mol. The summed E-state index contributed by atoms with van der Waals surface area (Å²) in [4.78, 5) is 0. The highest BCUT2D eigenvalue weighted by molar-refractivity contribution is 6.84. The van der Waals surface area contributed by atoms with E-state index in [1.807, 2.05) is 13.1 Å². The minimum atomic E-state index is -2.16. The van der Waals surface area contributed by atoms with Crippen LogP contribution in [0.2, 0.25) is 13.1 Å². The van der Waals surface area contributed by atoms with Crippen molar-refractivity contribution < 1.29 is 13.2 Å². The molecule has 0 N–H and O–H groups in total. The van der Waals surface area contributed by atoms with E-state index < -0.39 is 20.0 Å². The second-order valence-electron chi connectivity index (χ2n) is 3.34. The van der Waals surface area contributed by atoms with Gasteiger partial charge in [0.2, 0.25) is 8.32 Å². The van der Waals surface area contributed by atoms with Gasteiger partial charge in [-0.2, -0.15) is 0 Å². The molecule has 1 aromatic rings. The van der Waals surface area contributed by atoms with Gasteiger partial charge in [-0.3, -0.25) is 0 Å². The molecule has 0 aliphatic carbocycles. The molecule has 0 amide bonds. The molecule has 4 heteroatoms. The van der Waals surface area contributed by atoms with Crippen LogP contribution < -0.4 is 5.19 Å². The minimum absolute atomic E-state index is 0.497. The van der Waals surface area contributed by atoms with Gasteiger partial charge in [0.25, 0.3) is 0 Å². The molecule has 0 saturated carbocycles. The van der Waals surface area contributed by atoms with E-state index in [1.54, 1.807) is 7.11 Å². The van der Waals surface area contributed by atoms with Crippen molar-refractivity contribution >= 4 is 13.5 Å². The van der Waals surface area contributed by atoms with Crippen molar-refractivity contribution in [2.75, 3.05) is 7.11 Å². The van der Waals surface area contributed by atoms with Crippen molar-refractivity contribution in [1.82, 2.24) is 0 Å². The van der Waals surface area contributed by atoms with Crippen molar-refractivity contribution in [3.05, 3.63) is 29.8 Å². The molecule has 0 aromatic heterocycles. The molecule has 0 bridgehead atoms. The largest absolute Gasteiger partial charge is 0.416 e. The van der Waals surface area contributed by atoms with Gasteiger partial charge in [0, 0.05) is 18.4 Å². The molecule has 0 unspecified atom stereocenters. The number of benzene rings is 1. The molecule has 0 aliphatic heterocycles. The maximum absolute atomic E-state index is 13.2. The summed E-state index contributed by atoms with van der Waals surface area (Å²) < 4.78 is 31.0. The molecule has 0 aliphatic rings. The number of halogens is 2. The summed E-state index contributed by atoms with van der Waals surface area (Å²) in [5, 5.41) is 0.497. The van der Waals surface area contributed by atoms with Crippen molar-refractivity contribution in [2.45, 2.75) is 13.1 Å². The quantitative estimate of drug-likeness (QED) is 0.667. The predicted octanol–water partition coefficient (Wildman–Crippen LogP) is 2.02. The van der Waals surface area contributed by atoms with Crippen LogP contribution in [0.5, 0.6) is 0 Å². The first-order valence-electron chi connectivity index (χ1n) is 3.98. The third-order valence-corrected chi connectivity index (χ3v) is 4.81. The molecular formula is C9H12F2OSi. The highest BCUT2D eigenvalue weighted by Gasteiger charge is 2.27. The van der Waals surface area contributed by atoms with Crippen molar-refractivity contribution in [3.8, 4) is 0 Å². The molecule has 1 aromatic carbocycles. The Bertz CT molecular complexity index is 312. The van der Waals surface area contributed by atoms with Crippen LogP contribution in [0.15, 0.2) is 18.2 Å². The van der Waals surface area contributed by atoms with Crippen LogP contribution in [-0.2, 0) is 4.43 Å². The molecule has 72 valence electrons. The van der Waals surface area contributed by atoms with Gasteiger partial charge in [-0.05, 0) is 19.2 Å². The van der Waals surface area contributed by atoms with Gasteiger partial charge in [-0.25, -0.2) is 8.78 Å². The van der Waals surface area contributed by atoms with Crippen LogP contribution in [0.4, 0.5) is 8.78 Å². The zero-order chi connectivity index (χ0) is 10.1. The van der Waals surface area contributed by atoms with E-state index in [1.165, 1.54) is 12.1 Å². The van der Waals surface area contributed by atoms with Gasteiger partial charge in [-0.1, -0.05) is 6.07 Å². The second kappa shape index (κ2) is 3.55. The average Bonchev–Trinajstić information content (AvgIpc) is 2.03. The Labute approximate surface area is 77.5 Å². The first kappa shape index (κ1) is 10.3. The van der Waals surface area contributed by atoms with Gasteiger partial charge in [0.05, 0.1) is 0 Å². The van der Waals surface area contributed by atoms with E-state index >= 15 is 0 Å². The average molecular weight is 202 g/mol. The zero-order valence-electron chi connectivity index (χ0n) is 7.90. The van der Waals surface area contributed by atoms with Gasteiger partial charge in [-0.15, -0.1) is 0 Å². The summed E-state index contributed by atoms with van der Waals surface area (Å²) in [5.41, 5.74) is 0. The number of hydrogen-bond donors (Lipinski definition) is 0. The Morgan fingerprint density at radius 1 is 1.23 bits per heavy atom. The molecule has 0 heterocycles. The van der Waals surface area contributed by atoms with Gasteiger partial charge in [0.1, 0.15) is 11.6 Å². The zero-order valence-corrected chi connectivity index (χ0v) is 8.90. The summed E-state index contributed by atoms with van der Waals surface area (Å²) >= 11 is 0. The normalized spacial score (nSPS) is 11.8. The highest BCUT2D eigenvalue weighted by Crippen LogP contribution is 2.08. The fraction of sp³-hybridized carbons (Fsp3) is 0.333. The lowest BCUT2D eigenvalue weighted by Gasteiger charge is -2.20. The number of hydrogen-bond acceptors (Lipinski definition) is 1. The molecule has 1 rings (SSSR count). The van der Waals surface area contributed by atoms with E-state index in [2.05, 4.69) is 0 Å². The van der Waals surface area contributed by atoms with E-state index in [9.17, 15) is 8.78 Å². The molecule has 0 atom stereocenters. The van der Waals surface area contributed by atoms with E-state index in [0.717, 1.165) is 6.07 Å². The fourth-order valence-electron chi connectivity index (χ4n) is 1.09. The Kier molecular flexibility index (Phi) is 2.83. The van der Waals surface area contributed by atoms with Crippen LogP contribution in [0.3, 0.4) is 0 Å². The monoisotopic (exact) mass is 202 g/mol. The molecule has 0 saturated heterocycles. The minimum Gasteiger partial charge on any atom is -0.416 e. The summed E-state index contributed by atoms with van der Waals surface area (Å²) in [6.07, 6.45) is 0. The Morgan fingerprint density at radius 3 is 2.31 bits per heavy atom. The SMILES string of the molecule is CO[Si](C)(C)c1ccc(F)cc1F. The van der Waals surface area contributed by atoms with E-state index in [-0.39, 0.29) is 0 Å². The molecule has 1 nitrogen and oxygen atoms in total. The number of rotatable bonds is 2. The Balaban J connectivity index is 3.16. The van der Waals surface area contributed by atoms with Crippen molar-refractivity contribution in [2.24, 2.45) is 0 Å². The summed E-state index contributed by atoms with van der Waals surface area (Å²) in [6, 6.07) is 3.61. The standard InChI is InChI=1S/C9H12F2OSi/c1-12-13(2,3)9-5-4-7(10)6-8(9)11/h4-6H,1-3H3. The predicted molar refractivity (Wildman–Crippen MR) is 50.5 cm³/mol. The maximum Gasteiger partial charge on any atom is 0.220 e. The van der Waals surface area contributed by atoms with Gasteiger partial charge >= 0.3 is 0 Å². The highest BCUT2D eigenvalue weighted by atomic mass is 28.4. The first-order valence-corrected chi connectivity index (χ1v) is 6.89. The van der Waals surface area contributed by atoms with Crippen LogP contribution in [0.1, 0.15) is 0 Å². The topological polar surface area (TPSA) is 9.23 Å². The lowest BCUT2D eigenvalue weighted by Crippen LogP contribution is -2.45. The van der Waals surface area contributed by atoms with E-state index in [4.69, 9.17) is 4.43 Å². The smallest absolute Gasteiger partial charge is 0.220 e. The molecule has 13 heavy (non-hydrogen) atoms. The third-order valence-electron chi connectivity index (χ3n) is 2.09. The van der Waals surface area contributed by atoms with Crippen LogP contribution in [0, 0.1) is 11.6 Å². The summed E-state index contributed by atoms with van der Waals surface area (Å²) in [7, 11) is -0.612. The van der Waals surface area contributed by atoms with Crippen LogP contribution in [0.25, 0.3) is 0 Å². The first-order chi connectivity index (χ1) is 5.97. The van der Waals surface area contributed by atoms with Crippen molar-refractivity contribution in [1.29, 1.82) is 0 Å². The van der Waals surface area contributed by atoms with Gasteiger partial charge in [0.15, 0.2) is 0 Å². The Morgan fingerprint density at radius 2 is 1.85 bits per heavy atom. The maximum atomic E-state index is 13.2. The summed E-state index contributed by atoms with van der Waals surface area (Å²) in [6.45, 7) is 3.73. The van der Waals surface area contributed by atoms with Crippen LogP contribution >= 0.6 is 0 Å². The Hall–Kier alpha value is -0.743. The molecule has 0 radical (unpaired) electrons. The lowest BCUT2D eigenvalue weighted by molar-refractivity contribution is 0.414. The van der Waals surface area contributed by atoms with Crippen molar-refractivity contribution in [3.63, 3.8) is 0 Å². The second-order valence-corrected chi connectivity index (χ2v) is 7.31. The third kappa shape index (κ3) is 2.13. The van der Waals surface area contributed by atoms with Crippen LogP contribution in [-0.4, -0.2) is 15.4 Å². The van der Waals surface area contributed by atoms with Gasteiger partial charge < -0.3 is 4.43 Å². The lowest BCUT2D eigenvalue weighted by atomic mass is 10.3. The molecule has 0 fully saturated rings. The molecule has 0 spiro atoms. The summed E-state index contributed by atoms with van der Waals surface area (Å²) in [5.74, 6) is -1.07. The van der Waals surface area contributed by atoms with E-state index in [0.29, 0.717) is 5.19 Å². The fourth-order valence-corrected chi connectivity index (χ4v) is 2.44.